The zero-order valence-corrected chi connectivity index (χ0v) is 10.9. The van der Waals surface area contributed by atoms with E-state index < -0.39 is 0 Å². The highest BCUT2D eigenvalue weighted by Gasteiger charge is 2.02. The lowest BCUT2D eigenvalue weighted by Gasteiger charge is -2.01. The molecule has 0 heterocycles. The third kappa shape index (κ3) is 3.01. The van der Waals surface area contributed by atoms with Crippen molar-refractivity contribution in [1.29, 1.82) is 0 Å². The summed E-state index contributed by atoms with van der Waals surface area (Å²) in [7, 11) is 0. The number of hydrogen-bond acceptors (Lipinski definition) is 1. The van der Waals surface area contributed by atoms with Crippen LogP contribution in [0.5, 0.6) is 0 Å². The fourth-order valence-corrected chi connectivity index (χ4v) is 2.73. The van der Waals surface area contributed by atoms with E-state index in [4.69, 9.17) is 0 Å². The van der Waals surface area contributed by atoms with E-state index in [1.165, 1.54) is 7.14 Å². The summed E-state index contributed by atoms with van der Waals surface area (Å²) in [5, 5.41) is 0. The second-order valence-electron chi connectivity index (χ2n) is 2.61. The van der Waals surface area contributed by atoms with Crippen molar-refractivity contribution in [3.63, 3.8) is 0 Å². The van der Waals surface area contributed by atoms with Gasteiger partial charge in [0.1, 0.15) is 5.78 Å². The molecule has 1 nitrogen and oxygen atoms in total. The summed E-state index contributed by atoms with van der Waals surface area (Å²) >= 11 is 4.53. The largest absolute Gasteiger partial charge is 0.300 e. The first-order valence-electron chi connectivity index (χ1n) is 3.53. The number of carbonyl (C=O) groups excluding carboxylic acids is 1. The van der Waals surface area contributed by atoms with E-state index in [-0.39, 0.29) is 5.78 Å². The lowest BCUT2D eigenvalue weighted by molar-refractivity contribution is -0.116. The lowest BCUT2D eigenvalue weighted by Crippen LogP contribution is -1.98. The summed E-state index contributed by atoms with van der Waals surface area (Å²) in [6, 6.07) is 6.13. The smallest absolute Gasteiger partial charge is 0.134 e. The monoisotopic (exact) mass is 386 g/mol. The van der Waals surface area contributed by atoms with Gasteiger partial charge in [-0.15, -0.1) is 0 Å². The zero-order chi connectivity index (χ0) is 9.14. The summed E-state index contributed by atoms with van der Waals surface area (Å²) in [5.74, 6) is 0.217. The first-order valence-corrected chi connectivity index (χ1v) is 5.68. The van der Waals surface area contributed by atoms with Crippen LogP contribution < -0.4 is 0 Å². The normalized spacial score (nSPS) is 9.92. The number of carbonyl (C=O) groups is 1. The molecule has 0 unspecified atom stereocenters. The molecule has 0 aromatic heterocycles. The van der Waals surface area contributed by atoms with Gasteiger partial charge in [0.2, 0.25) is 0 Å². The minimum absolute atomic E-state index is 0.217. The van der Waals surface area contributed by atoms with Crippen molar-refractivity contribution in [2.75, 3.05) is 0 Å². The molecule has 64 valence electrons. The summed E-state index contributed by atoms with van der Waals surface area (Å²) in [6.45, 7) is 1.62. The van der Waals surface area contributed by atoms with E-state index >= 15 is 0 Å². The molecule has 1 rings (SSSR count). The average Bonchev–Trinajstić information content (AvgIpc) is 1.94. The Morgan fingerprint density at radius 1 is 1.42 bits per heavy atom. The van der Waals surface area contributed by atoms with Crippen LogP contribution in [0.3, 0.4) is 0 Å². The van der Waals surface area contributed by atoms with E-state index in [1.807, 2.05) is 12.1 Å². The SMILES string of the molecule is CC(=O)Cc1ccc(I)cc1I. The molecule has 0 saturated carbocycles. The fourth-order valence-electron chi connectivity index (χ4n) is 0.933. The number of ketones is 1. The van der Waals surface area contributed by atoms with Gasteiger partial charge in [0.05, 0.1) is 0 Å². The van der Waals surface area contributed by atoms with Gasteiger partial charge in [-0.1, -0.05) is 6.07 Å². The second kappa shape index (κ2) is 4.55. The van der Waals surface area contributed by atoms with Gasteiger partial charge < -0.3 is 0 Å². The number of hydrogen-bond donors (Lipinski definition) is 0. The second-order valence-corrected chi connectivity index (χ2v) is 5.02. The molecular formula is C9H8I2O. The van der Waals surface area contributed by atoms with Crippen molar-refractivity contribution >= 4 is 51.0 Å². The topological polar surface area (TPSA) is 17.1 Å². The molecule has 0 fully saturated rings. The van der Waals surface area contributed by atoms with E-state index in [1.54, 1.807) is 6.92 Å². The Kier molecular flexibility index (Phi) is 3.95. The molecule has 1 aromatic rings. The Labute approximate surface area is 99.2 Å². The third-order valence-electron chi connectivity index (χ3n) is 1.45. The molecule has 1 aromatic carbocycles. The van der Waals surface area contributed by atoms with Crippen LogP contribution in [0.15, 0.2) is 18.2 Å². The van der Waals surface area contributed by atoms with Gasteiger partial charge in [-0.25, -0.2) is 0 Å². The molecule has 0 aliphatic carbocycles. The van der Waals surface area contributed by atoms with E-state index in [2.05, 4.69) is 51.2 Å². The number of halogens is 2. The van der Waals surface area contributed by atoms with Crippen LogP contribution in [0.4, 0.5) is 0 Å². The lowest BCUT2D eigenvalue weighted by atomic mass is 10.1. The van der Waals surface area contributed by atoms with Crippen molar-refractivity contribution in [1.82, 2.24) is 0 Å². The quantitative estimate of drug-likeness (QED) is 0.715. The van der Waals surface area contributed by atoms with Crippen molar-refractivity contribution in [3.8, 4) is 0 Å². The molecule has 0 atom stereocenters. The Hall–Kier alpha value is 0.350. The Morgan fingerprint density at radius 2 is 2.08 bits per heavy atom. The van der Waals surface area contributed by atoms with Crippen LogP contribution in [0.2, 0.25) is 0 Å². The van der Waals surface area contributed by atoms with Gasteiger partial charge in [0.25, 0.3) is 0 Å². The predicted octanol–water partition coefficient (Wildman–Crippen LogP) is 3.03. The average molecular weight is 386 g/mol. The van der Waals surface area contributed by atoms with Gasteiger partial charge in [0.15, 0.2) is 0 Å². The third-order valence-corrected chi connectivity index (χ3v) is 3.13. The van der Waals surface area contributed by atoms with Gasteiger partial charge >= 0.3 is 0 Å². The first-order chi connectivity index (χ1) is 5.59. The molecule has 0 spiro atoms. The predicted molar refractivity (Wildman–Crippen MR) is 66.3 cm³/mol. The van der Waals surface area contributed by atoms with Crippen LogP contribution in [-0.2, 0) is 11.2 Å². The zero-order valence-electron chi connectivity index (χ0n) is 6.60. The van der Waals surface area contributed by atoms with Gasteiger partial charge in [-0.05, 0) is 69.8 Å². The molecule has 12 heavy (non-hydrogen) atoms. The first kappa shape index (κ1) is 10.4. The summed E-state index contributed by atoms with van der Waals surface area (Å²) < 4.78 is 2.39. The Bertz CT molecular complexity index is 307. The van der Waals surface area contributed by atoms with Crippen LogP contribution >= 0.6 is 45.2 Å². The van der Waals surface area contributed by atoms with E-state index in [0.717, 1.165) is 5.56 Å². The van der Waals surface area contributed by atoms with Crippen LogP contribution in [0.1, 0.15) is 12.5 Å². The highest BCUT2D eigenvalue weighted by atomic mass is 127. The molecule has 0 saturated heterocycles. The summed E-state index contributed by atoms with van der Waals surface area (Å²) in [5.41, 5.74) is 1.13. The highest BCUT2D eigenvalue weighted by molar-refractivity contribution is 14.1. The van der Waals surface area contributed by atoms with Gasteiger partial charge in [0, 0.05) is 13.6 Å². The maximum atomic E-state index is 10.8. The molecule has 0 N–H and O–H groups in total. The Balaban J connectivity index is 2.93. The van der Waals surface area contributed by atoms with Gasteiger partial charge in [-0.2, -0.15) is 0 Å². The van der Waals surface area contributed by atoms with Crippen molar-refractivity contribution in [3.05, 3.63) is 30.9 Å². The number of benzene rings is 1. The number of rotatable bonds is 2. The standard InChI is InChI=1S/C9H8I2O/c1-6(12)4-7-2-3-8(10)5-9(7)11/h2-3,5H,4H2,1H3. The van der Waals surface area contributed by atoms with Crippen molar-refractivity contribution < 1.29 is 4.79 Å². The van der Waals surface area contributed by atoms with Crippen LogP contribution in [-0.4, -0.2) is 5.78 Å². The summed E-state index contributed by atoms with van der Waals surface area (Å²) in [4.78, 5) is 10.8. The minimum Gasteiger partial charge on any atom is -0.300 e. The van der Waals surface area contributed by atoms with E-state index in [0.29, 0.717) is 6.42 Å². The Morgan fingerprint density at radius 3 is 2.58 bits per heavy atom. The van der Waals surface area contributed by atoms with Crippen LogP contribution in [0.25, 0.3) is 0 Å². The van der Waals surface area contributed by atoms with Crippen molar-refractivity contribution in [2.45, 2.75) is 13.3 Å². The maximum absolute atomic E-state index is 10.8. The van der Waals surface area contributed by atoms with E-state index in [9.17, 15) is 4.79 Å². The molecule has 3 heteroatoms. The molecule has 0 bridgehead atoms. The molecule has 0 radical (unpaired) electrons. The number of Topliss-reactive ketones (excluding diaryl/α,β-unsaturated/α-hetero) is 1. The molecule has 0 amide bonds. The molecule has 0 aliphatic heterocycles. The minimum atomic E-state index is 0.217. The van der Waals surface area contributed by atoms with Gasteiger partial charge in [-0.3, -0.25) is 4.79 Å². The van der Waals surface area contributed by atoms with Crippen LogP contribution in [0, 0.1) is 7.14 Å². The summed E-state index contributed by atoms with van der Waals surface area (Å²) in [6.07, 6.45) is 0.551. The molecular weight excluding hydrogens is 378 g/mol. The maximum Gasteiger partial charge on any atom is 0.134 e. The fraction of sp³-hybridized carbons (Fsp3) is 0.222. The molecule has 0 aliphatic rings. The van der Waals surface area contributed by atoms with Crippen molar-refractivity contribution in [2.24, 2.45) is 0 Å². The highest BCUT2D eigenvalue weighted by Crippen LogP contribution is 2.16.